The Morgan fingerprint density at radius 2 is 1.52 bits per heavy atom. The number of carbonyl (C=O) groups excluding carboxylic acids is 2. The third-order valence-corrected chi connectivity index (χ3v) is 3.83. The maximum absolute atomic E-state index is 12.4. The van der Waals surface area contributed by atoms with Crippen molar-refractivity contribution in [3.63, 3.8) is 0 Å². The molecule has 2 amide bonds. The van der Waals surface area contributed by atoms with E-state index in [1.807, 2.05) is 0 Å². The van der Waals surface area contributed by atoms with E-state index in [1.165, 1.54) is 17.3 Å². The zero-order valence-corrected chi connectivity index (χ0v) is 13.8. The largest absolute Gasteiger partial charge is 0.323 e. The van der Waals surface area contributed by atoms with E-state index in [1.54, 1.807) is 42.5 Å². The Bertz CT molecular complexity index is 1170. The molecule has 10 nitrogen and oxygen atoms in total. The van der Waals surface area contributed by atoms with Crippen LogP contribution in [0.2, 0.25) is 0 Å². The lowest BCUT2D eigenvalue weighted by molar-refractivity contribution is 0.100. The van der Waals surface area contributed by atoms with Gasteiger partial charge in [-0.05, 0) is 42.5 Å². The van der Waals surface area contributed by atoms with Crippen LogP contribution >= 0.6 is 0 Å². The molecule has 0 bridgehead atoms. The molecule has 0 spiro atoms. The van der Waals surface area contributed by atoms with Crippen LogP contribution in [0.5, 0.6) is 0 Å². The summed E-state index contributed by atoms with van der Waals surface area (Å²) in [5.41, 5.74) is 4.76. The lowest BCUT2D eigenvalue weighted by Gasteiger charge is -2.07. The number of H-pyrrole nitrogens is 2. The van der Waals surface area contributed by atoms with E-state index in [0.29, 0.717) is 27.8 Å². The number of imidazole rings is 1. The quantitative estimate of drug-likeness (QED) is 0.430. The fourth-order valence-electron chi connectivity index (χ4n) is 2.52. The molecule has 134 valence electrons. The van der Waals surface area contributed by atoms with Crippen molar-refractivity contribution in [2.45, 2.75) is 0 Å². The van der Waals surface area contributed by atoms with Gasteiger partial charge in [0, 0.05) is 16.8 Å². The first-order valence-corrected chi connectivity index (χ1v) is 7.88. The molecule has 0 fully saturated rings. The predicted molar refractivity (Wildman–Crippen MR) is 97.0 cm³/mol. The number of hydrogen-bond donors (Lipinski definition) is 4. The molecule has 2 heterocycles. The molecule has 0 aliphatic heterocycles. The molecule has 10 heteroatoms. The third-order valence-electron chi connectivity index (χ3n) is 3.83. The fraction of sp³-hybridized carbons (Fsp3) is 0. The van der Waals surface area contributed by atoms with Crippen LogP contribution in [0.15, 0.2) is 59.9 Å². The first-order valence-electron chi connectivity index (χ1n) is 7.88. The molecule has 0 saturated carbocycles. The van der Waals surface area contributed by atoms with Gasteiger partial charge < -0.3 is 15.3 Å². The zero-order chi connectivity index (χ0) is 18.8. The first-order chi connectivity index (χ1) is 13.1. The second-order valence-corrected chi connectivity index (χ2v) is 5.68. The molecule has 0 saturated heterocycles. The number of rotatable bonds is 4. The second-order valence-electron chi connectivity index (χ2n) is 5.68. The fourth-order valence-corrected chi connectivity index (χ4v) is 2.52. The number of nitrogens with one attached hydrogen (secondary N) is 4. The van der Waals surface area contributed by atoms with Crippen LogP contribution in [-0.2, 0) is 0 Å². The van der Waals surface area contributed by atoms with Gasteiger partial charge in [-0.15, -0.1) is 10.2 Å². The minimum absolute atomic E-state index is 0.331. The van der Waals surface area contributed by atoms with Crippen molar-refractivity contribution in [3.05, 3.63) is 76.7 Å². The first kappa shape index (κ1) is 16.3. The molecule has 0 aliphatic rings. The average molecular weight is 363 g/mol. The number of carbonyl (C=O) groups is 2. The van der Waals surface area contributed by atoms with Gasteiger partial charge in [-0.2, -0.15) is 0 Å². The molecular weight excluding hydrogens is 350 g/mol. The van der Waals surface area contributed by atoms with Gasteiger partial charge in [-0.3, -0.25) is 15.0 Å². The molecule has 0 aliphatic carbocycles. The van der Waals surface area contributed by atoms with Crippen LogP contribution < -0.4 is 16.4 Å². The van der Waals surface area contributed by atoms with Crippen LogP contribution in [0.3, 0.4) is 0 Å². The number of nitrogens with zero attached hydrogens (tertiary/aromatic N) is 3. The van der Waals surface area contributed by atoms with Crippen molar-refractivity contribution >= 4 is 28.5 Å². The Kier molecular flexibility index (Phi) is 3.97. The van der Waals surface area contributed by atoms with Crippen LogP contribution in [-0.4, -0.2) is 36.7 Å². The lowest BCUT2D eigenvalue weighted by atomic mass is 10.1. The van der Waals surface area contributed by atoms with Gasteiger partial charge in [0.05, 0.1) is 11.0 Å². The van der Waals surface area contributed by atoms with E-state index in [4.69, 9.17) is 0 Å². The summed E-state index contributed by atoms with van der Waals surface area (Å²) in [6, 6.07) is 11.3. The zero-order valence-electron chi connectivity index (χ0n) is 13.8. The molecule has 0 atom stereocenters. The molecule has 2 aromatic carbocycles. The highest BCUT2D eigenvalue weighted by molar-refractivity contribution is 6.06. The summed E-state index contributed by atoms with van der Waals surface area (Å²) in [6.45, 7) is 0. The van der Waals surface area contributed by atoms with E-state index in [0.717, 1.165) is 0 Å². The van der Waals surface area contributed by atoms with E-state index < -0.39 is 0 Å². The Labute approximate surface area is 151 Å². The highest BCUT2D eigenvalue weighted by Crippen LogP contribution is 2.14. The van der Waals surface area contributed by atoms with Gasteiger partial charge in [0.15, 0.2) is 0 Å². The average Bonchev–Trinajstić information content (AvgIpc) is 3.29. The molecule has 4 aromatic rings. The molecule has 0 unspecified atom stereocenters. The van der Waals surface area contributed by atoms with Crippen LogP contribution in [0.25, 0.3) is 11.0 Å². The smallest absolute Gasteiger partial charge is 0.322 e. The second kappa shape index (κ2) is 6.59. The molecule has 0 radical (unpaired) electrons. The Morgan fingerprint density at radius 3 is 2.26 bits per heavy atom. The number of amides is 2. The third kappa shape index (κ3) is 3.44. The van der Waals surface area contributed by atoms with Crippen molar-refractivity contribution in [3.8, 4) is 0 Å². The van der Waals surface area contributed by atoms with Gasteiger partial charge in [0.1, 0.15) is 12.7 Å². The monoisotopic (exact) mass is 363 g/mol. The Hall–Kier alpha value is -4.21. The van der Waals surface area contributed by atoms with Crippen molar-refractivity contribution in [1.29, 1.82) is 0 Å². The van der Waals surface area contributed by atoms with Gasteiger partial charge in [0.25, 0.3) is 11.8 Å². The SMILES string of the molecule is O=C(Nc1ccc(C(=O)Nn2cnnc2)cc1)c1ccc2[nH]c(=O)[nH]c2c1. The summed E-state index contributed by atoms with van der Waals surface area (Å²) < 4.78 is 1.33. The molecular formula is C17H13N7O3. The van der Waals surface area contributed by atoms with E-state index in [-0.39, 0.29) is 17.5 Å². The Balaban J connectivity index is 1.46. The maximum Gasteiger partial charge on any atom is 0.323 e. The topological polar surface area (TPSA) is 138 Å². The summed E-state index contributed by atoms with van der Waals surface area (Å²) in [5.74, 6) is -0.671. The van der Waals surface area contributed by atoms with E-state index >= 15 is 0 Å². The van der Waals surface area contributed by atoms with Crippen LogP contribution in [0.4, 0.5) is 5.69 Å². The molecule has 2 aromatic heterocycles. The van der Waals surface area contributed by atoms with Crippen LogP contribution in [0, 0.1) is 0 Å². The summed E-state index contributed by atoms with van der Waals surface area (Å²) in [7, 11) is 0. The van der Waals surface area contributed by atoms with Crippen molar-refractivity contribution in [2.24, 2.45) is 0 Å². The Morgan fingerprint density at radius 1 is 0.852 bits per heavy atom. The number of fused-ring (bicyclic) bond motifs is 1. The number of hydrogen-bond acceptors (Lipinski definition) is 5. The molecule has 4 N–H and O–H groups in total. The minimum Gasteiger partial charge on any atom is -0.322 e. The summed E-state index contributed by atoms with van der Waals surface area (Å²) in [4.78, 5) is 41.0. The lowest BCUT2D eigenvalue weighted by Crippen LogP contribution is -2.21. The summed E-state index contributed by atoms with van der Waals surface area (Å²) >= 11 is 0. The van der Waals surface area contributed by atoms with Crippen molar-refractivity contribution in [2.75, 3.05) is 10.7 Å². The highest BCUT2D eigenvalue weighted by atomic mass is 16.2. The number of anilines is 1. The molecule has 4 rings (SSSR count). The number of aromatic nitrogens is 5. The number of aromatic amines is 2. The summed E-state index contributed by atoms with van der Waals surface area (Å²) in [5, 5.41) is 9.93. The van der Waals surface area contributed by atoms with E-state index in [9.17, 15) is 14.4 Å². The standard InChI is InChI=1S/C17H13N7O3/c25-15(11-3-6-13-14(7-11)22-17(27)21-13)20-12-4-1-10(2-5-12)16(26)23-24-8-18-19-9-24/h1-9H,(H,20,25)(H,23,26)(H2,21,22,27). The molecule has 27 heavy (non-hydrogen) atoms. The van der Waals surface area contributed by atoms with Crippen molar-refractivity contribution < 1.29 is 9.59 Å². The summed E-state index contributed by atoms with van der Waals surface area (Å²) in [6.07, 6.45) is 2.72. The minimum atomic E-state index is -0.338. The normalized spacial score (nSPS) is 10.7. The van der Waals surface area contributed by atoms with Gasteiger partial charge in [-0.25, -0.2) is 9.47 Å². The van der Waals surface area contributed by atoms with Gasteiger partial charge >= 0.3 is 5.69 Å². The van der Waals surface area contributed by atoms with Crippen LogP contribution in [0.1, 0.15) is 20.7 Å². The maximum atomic E-state index is 12.4. The van der Waals surface area contributed by atoms with E-state index in [2.05, 4.69) is 30.9 Å². The predicted octanol–water partition coefficient (Wildman–Crippen LogP) is 1.08. The highest BCUT2D eigenvalue weighted by Gasteiger charge is 2.10. The van der Waals surface area contributed by atoms with Gasteiger partial charge in [-0.1, -0.05) is 0 Å². The van der Waals surface area contributed by atoms with Gasteiger partial charge in [0.2, 0.25) is 0 Å². The number of benzene rings is 2. The van der Waals surface area contributed by atoms with Crippen molar-refractivity contribution in [1.82, 2.24) is 24.8 Å².